The number of hydrogen-bond donors (Lipinski definition) is 4. The second-order valence-electron chi connectivity index (χ2n) is 6.68. The summed E-state index contributed by atoms with van der Waals surface area (Å²) in [4.78, 5) is 0. The van der Waals surface area contributed by atoms with Crippen LogP contribution in [0.3, 0.4) is 0 Å². The van der Waals surface area contributed by atoms with Crippen molar-refractivity contribution < 1.29 is 20.4 Å². The fourth-order valence-electron chi connectivity index (χ4n) is 3.22. The zero-order valence-corrected chi connectivity index (χ0v) is 14.3. The number of aliphatic hydroxyl groups excluding tert-OH is 3. The van der Waals surface area contributed by atoms with Crippen LogP contribution in [0.25, 0.3) is 0 Å². The van der Waals surface area contributed by atoms with E-state index >= 15 is 0 Å². The van der Waals surface area contributed by atoms with Crippen molar-refractivity contribution in [2.24, 2.45) is 11.8 Å². The van der Waals surface area contributed by atoms with Crippen LogP contribution in [-0.2, 0) is 0 Å². The summed E-state index contributed by atoms with van der Waals surface area (Å²) in [6.45, 7) is 7.84. The van der Waals surface area contributed by atoms with E-state index in [-0.39, 0.29) is 24.5 Å². The topological polar surface area (TPSA) is 80.9 Å². The van der Waals surface area contributed by atoms with E-state index in [1.54, 1.807) is 6.92 Å². The second kappa shape index (κ2) is 10.5. The Morgan fingerprint density at radius 2 is 1.29 bits per heavy atom. The van der Waals surface area contributed by atoms with Crippen LogP contribution in [-0.4, -0.2) is 44.8 Å². The molecule has 0 saturated carbocycles. The molecule has 5 atom stereocenters. The van der Waals surface area contributed by atoms with Crippen LogP contribution in [0.1, 0.15) is 72.6 Å². The molecule has 0 radical (unpaired) electrons. The highest BCUT2D eigenvalue weighted by Crippen LogP contribution is 2.31. The molecule has 0 fully saturated rings. The Morgan fingerprint density at radius 1 is 0.857 bits per heavy atom. The molecule has 0 bridgehead atoms. The van der Waals surface area contributed by atoms with Crippen LogP contribution in [0, 0.1) is 11.8 Å². The molecule has 4 nitrogen and oxygen atoms in total. The lowest BCUT2D eigenvalue weighted by Gasteiger charge is -2.34. The van der Waals surface area contributed by atoms with Gasteiger partial charge in [0.25, 0.3) is 0 Å². The van der Waals surface area contributed by atoms with Gasteiger partial charge < -0.3 is 20.4 Å². The van der Waals surface area contributed by atoms with E-state index in [1.807, 2.05) is 20.8 Å². The molecule has 0 rings (SSSR count). The third kappa shape index (κ3) is 8.15. The standard InChI is InChI=1S/C17H36O4/c1-5-8-15(19)13(6-2)11-17(4,21)12-14(7-3)16(20)9-10-18/h13-16,18-21H,5-12H2,1-4H3/t13-,14-,15-,16-,17+/m1/s1. The molecule has 128 valence electrons. The van der Waals surface area contributed by atoms with Gasteiger partial charge in [-0.05, 0) is 44.4 Å². The van der Waals surface area contributed by atoms with Crippen molar-refractivity contribution in [3.8, 4) is 0 Å². The molecule has 0 heterocycles. The molecule has 0 aliphatic rings. The molecule has 0 aromatic carbocycles. The van der Waals surface area contributed by atoms with Gasteiger partial charge in [-0.1, -0.05) is 40.0 Å². The monoisotopic (exact) mass is 304 g/mol. The molecule has 0 amide bonds. The predicted octanol–water partition coefficient (Wildman–Crippen LogP) is 2.47. The Balaban J connectivity index is 4.62. The summed E-state index contributed by atoms with van der Waals surface area (Å²) < 4.78 is 0. The summed E-state index contributed by atoms with van der Waals surface area (Å²) >= 11 is 0. The van der Waals surface area contributed by atoms with E-state index in [0.29, 0.717) is 19.3 Å². The number of hydrogen-bond acceptors (Lipinski definition) is 4. The van der Waals surface area contributed by atoms with E-state index in [4.69, 9.17) is 5.11 Å². The lowest BCUT2D eigenvalue weighted by Crippen LogP contribution is -2.37. The highest BCUT2D eigenvalue weighted by Gasteiger charge is 2.32. The molecule has 0 saturated heterocycles. The normalized spacial score (nSPS) is 20.6. The van der Waals surface area contributed by atoms with Crippen molar-refractivity contribution in [1.29, 1.82) is 0 Å². The van der Waals surface area contributed by atoms with Gasteiger partial charge in [-0.3, -0.25) is 0 Å². The number of aliphatic hydroxyl groups is 4. The molecular formula is C17H36O4. The molecule has 0 aliphatic carbocycles. The molecule has 4 N–H and O–H groups in total. The summed E-state index contributed by atoms with van der Waals surface area (Å²) in [6, 6.07) is 0. The van der Waals surface area contributed by atoms with Crippen LogP contribution in [0.15, 0.2) is 0 Å². The van der Waals surface area contributed by atoms with E-state index in [0.717, 1.165) is 25.7 Å². The third-order valence-corrected chi connectivity index (χ3v) is 4.55. The smallest absolute Gasteiger partial charge is 0.0627 e. The molecule has 21 heavy (non-hydrogen) atoms. The van der Waals surface area contributed by atoms with Gasteiger partial charge >= 0.3 is 0 Å². The van der Waals surface area contributed by atoms with Crippen LogP contribution < -0.4 is 0 Å². The highest BCUT2D eigenvalue weighted by molar-refractivity contribution is 4.84. The largest absolute Gasteiger partial charge is 0.396 e. The van der Waals surface area contributed by atoms with E-state index in [9.17, 15) is 15.3 Å². The first-order chi connectivity index (χ1) is 9.81. The Labute approximate surface area is 130 Å². The van der Waals surface area contributed by atoms with Crippen LogP contribution >= 0.6 is 0 Å². The van der Waals surface area contributed by atoms with E-state index < -0.39 is 11.7 Å². The summed E-state index contributed by atoms with van der Waals surface area (Å²) in [7, 11) is 0. The lowest BCUT2D eigenvalue weighted by molar-refractivity contribution is -0.0387. The zero-order valence-electron chi connectivity index (χ0n) is 14.3. The first-order valence-corrected chi connectivity index (χ1v) is 8.50. The Morgan fingerprint density at radius 3 is 1.62 bits per heavy atom. The fraction of sp³-hybridized carbons (Fsp3) is 1.00. The Bertz CT molecular complexity index is 231. The maximum atomic E-state index is 10.7. The zero-order chi connectivity index (χ0) is 16.5. The lowest BCUT2D eigenvalue weighted by atomic mass is 9.78. The van der Waals surface area contributed by atoms with Crippen molar-refractivity contribution in [2.45, 2.75) is 90.4 Å². The fourth-order valence-corrected chi connectivity index (χ4v) is 3.22. The minimum Gasteiger partial charge on any atom is -0.396 e. The van der Waals surface area contributed by atoms with Crippen LogP contribution in [0.5, 0.6) is 0 Å². The van der Waals surface area contributed by atoms with Gasteiger partial charge in [0, 0.05) is 6.61 Å². The molecule has 0 aromatic rings. The highest BCUT2D eigenvalue weighted by atomic mass is 16.3. The predicted molar refractivity (Wildman–Crippen MR) is 86.0 cm³/mol. The average Bonchev–Trinajstić information content (AvgIpc) is 2.42. The van der Waals surface area contributed by atoms with Gasteiger partial charge in [-0.25, -0.2) is 0 Å². The minimum absolute atomic E-state index is 0.0204. The van der Waals surface area contributed by atoms with Gasteiger partial charge in [0.05, 0.1) is 17.8 Å². The van der Waals surface area contributed by atoms with E-state index in [2.05, 4.69) is 0 Å². The average molecular weight is 304 g/mol. The van der Waals surface area contributed by atoms with Crippen molar-refractivity contribution in [3.05, 3.63) is 0 Å². The van der Waals surface area contributed by atoms with Crippen molar-refractivity contribution in [1.82, 2.24) is 0 Å². The molecule has 0 aliphatic heterocycles. The van der Waals surface area contributed by atoms with Crippen molar-refractivity contribution >= 4 is 0 Å². The summed E-state index contributed by atoms with van der Waals surface area (Å²) in [5.74, 6) is 0.0698. The van der Waals surface area contributed by atoms with Crippen LogP contribution in [0.2, 0.25) is 0 Å². The van der Waals surface area contributed by atoms with E-state index in [1.165, 1.54) is 0 Å². The maximum absolute atomic E-state index is 10.7. The SMILES string of the molecule is CCC[C@@H](O)[C@H](CC)C[C@](C)(O)C[C@@H](CC)[C@H](O)CCO. The summed E-state index contributed by atoms with van der Waals surface area (Å²) in [6.07, 6.45) is 3.77. The molecule has 0 aromatic heterocycles. The van der Waals surface area contributed by atoms with Crippen molar-refractivity contribution in [2.75, 3.05) is 6.61 Å². The number of rotatable bonds is 12. The summed E-state index contributed by atoms with van der Waals surface area (Å²) in [5.41, 5.74) is -0.896. The second-order valence-corrected chi connectivity index (χ2v) is 6.68. The molecule has 0 spiro atoms. The van der Waals surface area contributed by atoms with Gasteiger partial charge in [-0.2, -0.15) is 0 Å². The molecular weight excluding hydrogens is 268 g/mol. The summed E-state index contributed by atoms with van der Waals surface area (Å²) in [5, 5.41) is 39.8. The quantitative estimate of drug-likeness (QED) is 0.446. The van der Waals surface area contributed by atoms with Gasteiger partial charge in [0.15, 0.2) is 0 Å². The van der Waals surface area contributed by atoms with Gasteiger partial charge in [-0.15, -0.1) is 0 Å². The minimum atomic E-state index is -0.896. The first-order valence-electron chi connectivity index (χ1n) is 8.50. The van der Waals surface area contributed by atoms with Gasteiger partial charge in [0.1, 0.15) is 0 Å². The Hall–Kier alpha value is -0.160. The molecule has 0 unspecified atom stereocenters. The first kappa shape index (κ1) is 20.8. The Kier molecular flexibility index (Phi) is 10.5. The van der Waals surface area contributed by atoms with Crippen molar-refractivity contribution in [3.63, 3.8) is 0 Å². The maximum Gasteiger partial charge on any atom is 0.0627 e. The van der Waals surface area contributed by atoms with Gasteiger partial charge in [0.2, 0.25) is 0 Å². The van der Waals surface area contributed by atoms with Crippen LogP contribution in [0.4, 0.5) is 0 Å². The third-order valence-electron chi connectivity index (χ3n) is 4.55. The molecule has 4 heteroatoms.